The summed E-state index contributed by atoms with van der Waals surface area (Å²) in [6.45, 7) is 4.18. The largest absolute Gasteiger partial charge is 0.384 e. The highest BCUT2D eigenvalue weighted by molar-refractivity contribution is 5.47. The lowest BCUT2D eigenvalue weighted by Crippen LogP contribution is -2.30. The lowest BCUT2D eigenvalue weighted by atomic mass is 10.2. The van der Waals surface area contributed by atoms with Crippen LogP contribution in [0.2, 0.25) is 0 Å². The quantitative estimate of drug-likeness (QED) is 0.873. The first kappa shape index (κ1) is 12.1. The van der Waals surface area contributed by atoms with Crippen LogP contribution in [0.3, 0.4) is 0 Å². The second-order valence-corrected chi connectivity index (χ2v) is 5.21. The number of rotatable bonds is 3. The van der Waals surface area contributed by atoms with Crippen molar-refractivity contribution in [1.82, 2.24) is 9.97 Å². The SMILES string of the molecule is CC(C)c1nc(N)cc(N(C)C2CCCC2)n1. The lowest BCUT2D eigenvalue weighted by Gasteiger charge is -2.26. The average molecular weight is 234 g/mol. The van der Waals surface area contributed by atoms with Gasteiger partial charge in [0, 0.05) is 25.1 Å². The summed E-state index contributed by atoms with van der Waals surface area (Å²) >= 11 is 0. The molecule has 4 heteroatoms. The van der Waals surface area contributed by atoms with E-state index in [1.807, 2.05) is 6.07 Å². The number of hydrogen-bond donors (Lipinski definition) is 1. The van der Waals surface area contributed by atoms with Gasteiger partial charge in [-0.15, -0.1) is 0 Å². The normalized spacial score (nSPS) is 16.7. The highest BCUT2D eigenvalue weighted by Crippen LogP contribution is 2.27. The van der Waals surface area contributed by atoms with Gasteiger partial charge in [0.05, 0.1) is 0 Å². The van der Waals surface area contributed by atoms with E-state index in [0.717, 1.165) is 11.6 Å². The Morgan fingerprint density at radius 1 is 1.29 bits per heavy atom. The second-order valence-electron chi connectivity index (χ2n) is 5.21. The van der Waals surface area contributed by atoms with Gasteiger partial charge in [-0.2, -0.15) is 0 Å². The molecule has 0 bridgehead atoms. The van der Waals surface area contributed by atoms with Crippen LogP contribution in [0.25, 0.3) is 0 Å². The van der Waals surface area contributed by atoms with Crippen molar-refractivity contribution in [2.45, 2.75) is 51.5 Å². The molecule has 1 fully saturated rings. The van der Waals surface area contributed by atoms with Crippen molar-refractivity contribution in [3.63, 3.8) is 0 Å². The lowest BCUT2D eigenvalue weighted by molar-refractivity contribution is 0.641. The van der Waals surface area contributed by atoms with Gasteiger partial charge >= 0.3 is 0 Å². The Morgan fingerprint density at radius 3 is 2.53 bits per heavy atom. The first-order valence-electron chi connectivity index (χ1n) is 6.45. The van der Waals surface area contributed by atoms with Crippen LogP contribution in [0.4, 0.5) is 11.6 Å². The van der Waals surface area contributed by atoms with Crippen LogP contribution in [0.1, 0.15) is 51.3 Å². The first-order chi connectivity index (χ1) is 8.08. The van der Waals surface area contributed by atoms with E-state index < -0.39 is 0 Å². The Balaban J connectivity index is 2.24. The predicted molar refractivity (Wildman–Crippen MR) is 71.2 cm³/mol. The fourth-order valence-electron chi connectivity index (χ4n) is 2.39. The predicted octanol–water partition coefficient (Wildman–Crippen LogP) is 2.56. The van der Waals surface area contributed by atoms with Crippen LogP contribution in [-0.2, 0) is 0 Å². The summed E-state index contributed by atoms with van der Waals surface area (Å²) in [7, 11) is 2.11. The van der Waals surface area contributed by atoms with Gasteiger partial charge in [-0.25, -0.2) is 9.97 Å². The van der Waals surface area contributed by atoms with Crippen molar-refractivity contribution in [2.24, 2.45) is 0 Å². The molecule has 1 aliphatic rings. The number of hydrogen-bond acceptors (Lipinski definition) is 4. The van der Waals surface area contributed by atoms with Crippen molar-refractivity contribution in [3.05, 3.63) is 11.9 Å². The van der Waals surface area contributed by atoms with Gasteiger partial charge in [0.15, 0.2) is 0 Å². The zero-order valence-electron chi connectivity index (χ0n) is 11.0. The van der Waals surface area contributed by atoms with E-state index in [0.29, 0.717) is 17.8 Å². The van der Waals surface area contributed by atoms with E-state index in [-0.39, 0.29) is 0 Å². The fraction of sp³-hybridized carbons (Fsp3) is 0.692. The molecule has 0 radical (unpaired) electrons. The molecule has 2 rings (SSSR count). The summed E-state index contributed by atoms with van der Waals surface area (Å²) in [5, 5.41) is 0. The Morgan fingerprint density at radius 2 is 1.94 bits per heavy atom. The molecular formula is C13H22N4. The Bertz CT molecular complexity index is 383. The molecule has 0 aliphatic heterocycles. The van der Waals surface area contributed by atoms with Crippen molar-refractivity contribution >= 4 is 11.6 Å². The number of nitrogen functional groups attached to an aromatic ring is 1. The van der Waals surface area contributed by atoms with Gasteiger partial charge in [0.2, 0.25) is 0 Å². The monoisotopic (exact) mass is 234 g/mol. The van der Waals surface area contributed by atoms with Crippen LogP contribution in [0, 0.1) is 0 Å². The summed E-state index contributed by atoms with van der Waals surface area (Å²) in [5.41, 5.74) is 5.86. The third-order valence-corrected chi connectivity index (χ3v) is 3.50. The van der Waals surface area contributed by atoms with Crippen molar-refractivity contribution < 1.29 is 0 Å². The summed E-state index contributed by atoms with van der Waals surface area (Å²) in [5.74, 6) is 2.69. The summed E-state index contributed by atoms with van der Waals surface area (Å²) < 4.78 is 0. The summed E-state index contributed by atoms with van der Waals surface area (Å²) in [6.07, 6.45) is 5.17. The Kier molecular flexibility index (Phi) is 3.50. The van der Waals surface area contributed by atoms with Crippen LogP contribution >= 0.6 is 0 Å². The molecule has 94 valence electrons. The molecule has 1 saturated carbocycles. The van der Waals surface area contributed by atoms with Crippen LogP contribution in [0.15, 0.2) is 6.07 Å². The van der Waals surface area contributed by atoms with E-state index in [9.17, 15) is 0 Å². The van der Waals surface area contributed by atoms with Crippen molar-refractivity contribution in [2.75, 3.05) is 17.7 Å². The third kappa shape index (κ3) is 2.68. The zero-order chi connectivity index (χ0) is 12.4. The standard InChI is InChI=1S/C13H22N4/c1-9(2)13-15-11(14)8-12(16-13)17(3)10-6-4-5-7-10/h8-10H,4-7H2,1-3H3,(H2,14,15,16). The summed E-state index contributed by atoms with van der Waals surface area (Å²) in [6, 6.07) is 2.49. The molecule has 1 aromatic heterocycles. The molecule has 0 aromatic carbocycles. The van der Waals surface area contributed by atoms with Crippen LogP contribution in [-0.4, -0.2) is 23.1 Å². The minimum absolute atomic E-state index is 0.314. The molecule has 1 aliphatic carbocycles. The minimum Gasteiger partial charge on any atom is -0.384 e. The highest BCUT2D eigenvalue weighted by Gasteiger charge is 2.21. The van der Waals surface area contributed by atoms with Gasteiger partial charge in [-0.1, -0.05) is 26.7 Å². The maximum absolute atomic E-state index is 5.86. The number of aromatic nitrogens is 2. The van der Waals surface area contributed by atoms with Gasteiger partial charge in [-0.05, 0) is 12.8 Å². The zero-order valence-corrected chi connectivity index (χ0v) is 11.0. The van der Waals surface area contributed by atoms with E-state index in [1.54, 1.807) is 0 Å². The molecule has 0 unspecified atom stereocenters. The maximum atomic E-state index is 5.86. The molecular weight excluding hydrogens is 212 g/mol. The second kappa shape index (κ2) is 4.90. The highest BCUT2D eigenvalue weighted by atomic mass is 15.2. The average Bonchev–Trinajstić information content (AvgIpc) is 2.80. The van der Waals surface area contributed by atoms with Gasteiger partial charge in [0.1, 0.15) is 17.5 Å². The molecule has 4 nitrogen and oxygen atoms in total. The molecule has 1 heterocycles. The molecule has 2 N–H and O–H groups in total. The Hall–Kier alpha value is -1.32. The maximum Gasteiger partial charge on any atom is 0.135 e. The smallest absolute Gasteiger partial charge is 0.135 e. The fourth-order valence-corrected chi connectivity index (χ4v) is 2.39. The van der Waals surface area contributed by atoms with E-state index in [4.69, 9.17) is 5.73 Å². The van der Waals surface area contributed by atoms with Gasteiger partial charge < -0.3 is 10.6 Å². The third-order valence-electron chi connectivity index (χ3n) is 3.50. The molecule has 0 saturated heterocycles. The van der Waals surface area contributed by atoms with E-state index in [1.165, 1.54) is 25.7 Å². The van der Waals surface area contributed by atoms with E-state index >= 15 is 0 Å². The number of nitrogens with zero attached hydrogens (tertiary/aromatic N) is 3. The van der Waals surface area contributed by atoms with Crippen molar-refractivity contribution in [3.8, 4) is 0 Å². The van der Waals surface area contributed by atoms with Gasteiger partial charge in [-0.3, -0.25) is 0 Å². The molecule has 1 aromatic rings. The number of anilines is 2. The minimum atomic E-state index is 0.314. The molecule has 0 amide bonds. The summed E-state index contributed by atoms with van der Waals surface area (Å²) in [4.78, 5) is 11.2. The molecule has 0 atom stereocenters. The van der Waals surface area contributed by atoms with Crippen LogP contribution in [0.5, 0.6) is 0 Å². The van der Waals surface area contributed by atoms with Crippen LogP contribution < -0.4 is 10.6 Å². The van der Waals surface area contributed by atoms with Gasteiger partial charge in [0.25, 0.3) is 0 Å². The topological polar surface area (TPSA) is 55.0 Å². The molecule has 0 spiro atoms. The molecule has 17 heavy (non-hydrogen) atoms. The van der Waals surface area contributed by atoms with Crippen molar-refractivity contribution in [1.29, 1.82) is 0 Å². The van der Waals surface area contributed by atoms with E-state index in [2.05, 4.69) is 35.8 Å². The Labute approximate surface area is 103 Å². The number of nitrogens with two attached hydrogens (primary N) is 1. The first-order valence-corrected chi connectivity index (χ1v) is 6.45.